The van der Waals surface area contributed by atoms with Crippen LogP contribution in [0.25, 0.3) is 0 Å². The van der Waals surface area contributed by atoms with Crippen molar-refractivity contribution in [1.82, 2.24) is 9.78 Å². The normalized spacial score (nSPS) is 11.3. The fourth-order valence-corrected chi connectivity index (χ4v) is 2.60. The topological polar surface area (TPSA) is 101 Å². The molecule has 0 atom stereocenters. The lowest BCUT2D eigenvalue weighted by molar-refractivity contribution is -0.137. The van der Waals surface area contributed by atoms with E-state index in [-0.39, 0.29) is 15.6 Å². The summed E-state index contributed by atoms with van der Waals surface area (Å²) in [7, 11) is -3.99. The van der Waals surface area contributed by atoms with Crippen molar-refractivity contribution in [3.05, 3.63) is 41.4 Å². The van der Waals surface area contributed by atoms with Crippen LogP contribution in [0.2, 0.25) is 5.02 Å². The Hall–Kier alpha value is -2.13. The van der Waals surface area contributed by atoms with E-state index in [1.54, 1.807) is 0 Å². The molecule has 0 fully saturated rings. The van der Waals surface area contributed by atoms with Crippen LogP contribution in [-0.2, 0) is 21.4 Å². The Kier molecular flexibility index (Phi) is 4.14. The maximum absolute atomic E-state index is 13.3. The van der Waals surface area contributed by atoms with Gasteiger partial charge >= 0.3 is 5.97 Å². The average Bonchev–Trinajstić information content (AvgIpc) is 2.82. The van der Waals surface area contributed by atoms with E-state index in [9.17, 15) is 17.6 Å². The fourth-order valence-electron chi connectivity index (χ4n) is 1.48. The highest BCUT2D eigenvalue weighted by molar-refractivity contribution is 7.92. The molecule has 7 nitrogen and oxygen atoms in total. The third-order valence-corrected chi connectivity index (χ3v) is 4.03. The van der Waals surface area contributed by atoms with Gasteiger partial charge in [0.25, 0.3) is 10.0 Å². The Labute approximate surface area is 124 Å². The van der Waals surface area contributed by atoms with Gasteiger partial charge in [-0.1, -0.05) is 11.6 Å². The number of sulfonamides is 1. The van der Waals surface area contributed by atoms with Gasteiger partial charge < -0.3 is 5.11 Å². The summed E-state index contributed by atoms with van der Waals surface area (Å²) >= 11 is 5.50. The van der Waals surface area contributed by atoms with Crippen molar-refractivity contribution in [2.75, 3.05) is 4.72 Å². The largest absolute Gasteiger partial charge is 0.480 e. The number of hydrogen-bond acceptors (Lipinski definition) is 4. The van der Waals surface area contributed by atoms with Crippen molar-refractivity contribution in [3.63, 3.8) is 0 Å². The molecule has 2 N–H and O–H groups in total. The standard InChI is InChI=1S/C11H9ClFN3O4S/c12-9-2-1-7(3-10(9)13)15-21(19,20)8-4-14-16(5-8)6-11(17)18/h1-5,15H,6H2,(H,17,18). The predicted molar refractivity (Wildman–Crippen MR) is 72.1 cm³/mol. The molecule has 112 valence electrons. The number of benzene rings is 1. The van der Waals surface area contributed by atoms with Crippen LogP contribution >= 0.6 is 11.6 Å². The van der Waals surface area contributed by atoms with Gasteiger partial charge in [-0.15, -0.1) is 0 Å². The summed E-state index contributed by atoms with van der Waals surface area (Å²) in [6.07, 6.45) is 2.06. The molecule has 1 heterocycles. The van der Waals surface area contributed by atoms with E-state index in [4.69, 9.17) is 16.7 Å². The summed E-state index contributed by atoms with van der Waals surface area (Å²) in [4.78, 5) is 10.3. The number of carbonyl (C=O) groups is 1. The average molecular weight is 334 g/mol. The van der Waals surface area contributed by atoms with E-state index in [2.05, 4.69) is 9.82 Å². The second-order valence-electron chi connectivity index (χ2n) is 4.00. The molecule has 2 rings (SSSR count). The van der Waals surface area contributed by atoms with Gasteiger partial charge in [0, 0.05) is 6.20 Å². The molecule has 1 aromatic heterocycles. The van der Waals surface area contributed by atoms with Gasteiger partial charge in [-0.25, -0.2) is 12.8 Å². The lowest BCUT2D eigenvalue weighted by atomic mass is 10.3. The highest BCUT2D eigenvalue weighted by Gasteiger charge is 2.18. The zero-order valence-corrected chi connectivity index (χ0v) is 11.9. The molecule has 0 aliphatic rings. The number of nitrogens with one attached hydrogen (secondary N) is 1. The quantitative estimate of drug-likeness (QED) is 0.864. The first kappa shape index (κ1) is 15.3. The van der Waals surface area contributed by atoms with Gasteiger partial charge in [0.1, 0.15) is 17.3 Å². The first-order chi connectivity index (χ1) is 9.78. The van der Waals surface area contributed by atoms with Crippen molar-refractivity contribution >= 4 is 33.3 Å². The Balaban J connectivity index is 2.23. The molecular formula is C11H9ClFN3O4S. The fraction of sp³-hybridized carbons (Fsp3) is 0.0909. The van der Waals surface area contributed by atoms with Gasteiger partial charge in [0.2, 0.25) is 0 Å². The summed E-state index contributed by atoms with van der Waals surface area (Å²) in [5.41, 5.74) is -0.0112. The Morgan fingerprint density at radius 3 is 2.81 bits per heavy atom. The monoisotopic (exact) mass is 333 g/mol. The van der Waals surface area contributed by atoms with E-state index in [1.807, 2.05) is 0 Å². The van der Waals surface area contributed by atoms with E-state index in [1.165, 1.54) is 12.1 Å². The number of anilines is 1. The molecule has 0 amide bonds. The maximum Gasteiger partial charge on any atom is 0.325 e. The summed E-state index contributed by atoms with van der Waals surface area (Å²) in [5.74, 6) is -1.92. The third kappa shape index (κ3) is 3.70. The van der Waals surface area contributed by atoms with Crippen LogP contribution in [0.15, 0.2) is 35.5 Å². The molecular weight excluding hydrogens is 325 g/mol. The van der Waals surface area contributed by atoms with Crippen molar-refractivity contribution in [2.45, 2.75) is 11.4 Å². The van der Waals surface area contributed by atoms with Crippen LogP contribution in [-0.4, -0.2) is 29.3 Å². The van der Waals surface area contributed by atoms with E-state index in [0.717, 1.165) is 23.1 Å². The first-order valence-corrected chi connectivity index (χ1v) is 7.36. The maximum atomic E-state index is 13.3. The van der Waals surface area contributed by atoms with Gasteiger partial charge in [0.05, 0.1) is 16.9 Å². The van der Waals surface area contributed by atoms with Crippen molar-refractivity contribution < 1.29 is 22.7 Å². The van der Waals surface area contributed by atoms with Crippen molar-refractivity contribution in [2.24, 2.45) is 0 Å². The molecule has 21 heavy (non-hydrogen) atoms. The molecule has 1 aromatic carbocycles. The summed E-state index contributed by atoms with van der Waals surface area (Å²) in [6.45, 7) is -0.467. The number of aliphatic carboxylic acids is 1. The highest BCUT2D eigenvalue weighted by Crippen LogP contribution is 2.21. The van der Waals surface area contributed by atoms with Crippen LogP contribution in [0.5, 0.6) is 0 Å². The summed E-state index contributed by atoms with van der Waals surface area (Å²) in [6, 6.07) is 3.44. The number of hydrogen-bond donors (Lipinski definition) is 2. The molecule has 0 saturated carbocycles. The molecule has 2 aromatic rings. The number of aromatic nitrogens is 2. The number of carboxylic acid groups (broad SMARTS) is 1. The summed E-state index contributed by atoms with van der Waals surface area (Å²) in [5, 5.41) is 12.1. The third-order valence-electron chi connectivity index (χ3n) is 2.39. The molecule has 0 radical (unpaired) electrons. The van der Waals surface area contributed by atoms with E-state index < -0.39 is 28.4 Å². The molecule has 0 spiro atoms. The smallest absolute Gasteiger partial charge is 0.325 e. The van der Waals surface area contributed by atoms with Gasteiger partial charge in [0.15, 0.2) is 0 Å². The predicted octanol–water partition coefficient (Wildman–Crippen LogP) is 1.56. The number of nitrogens with zero attached hydrogens (tertiary/aromatic N) is 2. The molecule has 0 unspecified atom stereocenters. The Bertz CT molecular complexity index is 791. The summed E-state index contributed by atoms with van der Waals surface area (Å²) < 4.78 is 40.4. The lowest BCUT2D eigenvalue weighted by Gasteiger charge is -2.06. The van der Waals surface area contributed by atoms with E-state index >= 15 is 0 Å². The second kappa shape index (κ2) is 5.70. The number of halogens is 2. The van der Waals surface area contributed by atoms with E-state index in [0.29, 0.717) is 0 Å². The van der Waals surface area contributed by atoms with Crippen LogP contribution in [0, 0.1) is 5.82 Å². The van der Waals surface area contributed by atoms with Gasteiger partial charge in [-0.3, -0.25) is 14.2 Å². The number of carboxylic acids is 1. The molecule has 0 aliphatic heterocycles. The zero-order chi connectivity index (χ0) is 15.6. The zero-order valence-electron chi connectivity index (χ0n) is 10.3. The Morgan fingerprint density at radius 1 is 1.48 bits per heavy atom. The van der Waals surface area contributed by atoms with Gasteiger partial charge in [-0.2, -0.15) is 5.10 Å². The minimum absolute atomic E-state index is 0.0112. The van der Waals surface area contributed by atoms with Crippen LogP contribution in [0.4, 0.5) is 10.1 Å². The van der Waals surface area contributed by atoms with Gasteiger partial charge in [-0.05, 0) is 18.2 Å². The molecule has 10 heteroatoms. The molecule has 0 aliphatic carbocycles. The molecule has 0 bridgehead atoms. The lowest BCUT2D eigenvalue weighted by Crippen LogP contribution is -2.13. The Morgan fingerprint density at radius 2 is 2.19 bits per heavy atom. The number of rotatable bonds is 5. The van der Waals surface area contributed by atoms with Crippen LogP contribution in [0.1, 0.15) is 0 Å². The SMILES string of the molecule is O=C(O)Cn1cc(S(=O)(=O)Nc2ccc(Cl)c(F)c2)cn1. The first-order valence-electron chi connectivity index (χ1n) is 5.50. The van der Waals surface area contributed by atoms with Crippen molar-refractivity contribution in [3.8, 4) is 0 Å². The highest BCUT2D eigenvalue weighted by atomic mass is 35.5. The second-order valence-corrected chi connectivity index (χ2v) is 6.09. The minimum Gasteiger partial charge on any atom is -0.480 e. The van der Waals surface area contributed by atoms with Crippen molar-refractivity contribution in [1.29, 1.82) is 0 Å². The minimum atomic E-state index is -3.99. The van der Waals surface area contributed by atoms with Crippen LogP contribution < -0.4 is 4.72 Å². The van der Waals surface area contributed by atoms with Crippen LogP contribution in [0.3, 0.4) is 0 Å². The molecule has 0 saturated heterocycles.